The van der Waals surface area contributed by atoms with Gasteiger partial charge in [0.2, 0.25) is 0 Å². The van der Waals surface area contributed by atoms with Crippen molar-refractivity contribution in [3.05, 3.63) is 59.3 Å². The number of imide groups is 1. The number of phenolic OH excluding ortho intramolecular Hbond substituents is 1. The molecule has 206 valence electrons. The van der Waals surface area contributed by atoms with E-state index in [0.717, 1.165) is 65.4 Å². The van der Waals surface area contributed by atoms with Crippen LogP contribution in [0.4, 0.5) is 4.79 Å². The number of rotatable bonds is 7. The molecule has 2 atom stereocenters. The molecule has 0 spiro atoms. The first-order valence-corrected chi connectivity index (χ1v) is 14.1. The van der Waals surface area contributed by atoms with Crippen LogP contribution in [0.3, 0.4) is 0 Å². The largest absolute Gasteiger partial charge is 0.508 e. The molecule has 0 aliphatic carbocycles. The average molecular weight is 531 g/mol. The number of benzene rings is 2. The van der Waals surface area contributed by atoms with Crippen molar-refractivity contribution in [1.82, 2.24) is 19.7 Å². The van der Waals surface area contributed by atoms with Gasteiger partial charge in [0.1, 0.15) is 17.0 Å². The number of amides is 3. The Balaban J connectivity index is 1.33. The van der Waals surface area contributed by atoms with Gasteiger partial charge in [-0.2, -0.15) is 0 Å². The third-order valence-electron chi connectivity index (χ3n) is 9.06. The molecule has 3 aromatic rings. The second kappa shape index (κ2) is 9.90. The summed E-state index contributed by atoms with van der Waals surface area (Å²) in [7, 11) is 1.65. The molecular formula is C31H38N4O4. The van der Waals surface area contributed by atoms with E-state index >= 15 is 0 Å². The fourth-order valence-corrected chi connectivity index (χ4v) is 6.82. The van der Waals surface area contributed by atoms with Gasteiger partial charge in [-0.05, 0) is 99.6 Å². The van der Waals surface area contributed by atoms with E-state index < -0.39 is 5.54 Å². The van der Waals surface area contributed by atoms with Crippen LogP contribution in [-0.2, 0) is 17.6 Å². The number of nitrogens with one attached hydrogen (secondary N) is 1. The summed E-state index contributed by atoms with van der Waals surface area (Å²) in [5.41, 5.74) is 2.89. The molecule has 8 nitrogen and oxygen atoms in total. The molecule has 2 saturated heterocycles. The lowest BCUT2D eigenvalue weighted by atomic mass is 9.81. The standard InChI is InChI=1S/C31H38N4O4/c1-20-10-14-33(15-11-20)12-5-13-34-29(37)31(2)19-25-24-18-23(39-3)8-9-26(24)32-28(25)27(35(31)30(34)38)17-21-6-4-7-22(36)16-21/h4,6-9,16,18,20,27,32,36H,5,10-15,17,19H2,1-3H3/t27?,31-/m0/s1. The van der Waals surface area contributed by atoms with Crippen LogP contribution in [0.2, 0.25) is 0 Å². The van der Waals surface area contributed by atoms with E-state index in [1.165, 1.54) is 17.7 Å². The van der Waals surface area contributed by atoms with Gasteiger partial charge in [0.25, 0.3) is 5.91 Å². The van der Waals surface area contributed by atoms with Crippen LogP contribution in [0, 0.1) is 5.92 Å². The minimum atomic E-state index is -0.982. The van der Waals surface area contributed by atoms with E-state index in [4.69, 9.17) is 4.74 Å². The predicted octanol–water partition coefficient (Wildman–Crippen LogP) is 4.87. The SMILES string of the molecule is COc1ccc2[nH]c3c(c2c1)C[C@@]1(C)C(=O)N(CCCN2CCC(C)CC2)C(=O)N1C3Cc1cccc(O)c1. The third-order valence-corrected chi connectivity index (χ3v) is 9.06. The first-order valence-electron chi connectivity index (χ1n) is 14.1. The maximum atomic E-state index is 14.0. The minimum absolute atomic E-state index is 0.122. The van der Waals surface area contributed by atoms with Crippen LogP contribution in [0.25, 0.3) is 10.9 Å². The molecule has 6 rings (SSSR count). The number of carbonyl (C=O) groups is 2. The number of phenols is 1. The first kappa shape index (κ1) is 25.7. The fraction of sp³-hybridized carbons (Fsp3) is 0.484. The molecule has 0 saturated carbocycles. The van der Waals surface area contributed by atoms with Crippen LogP contribution in [0.15, 0.2) is 42.5 Å². The minimum Gasteiger partial charge on any atom is -0.508 e. The molecule has 39 heavy (non-hydrogen) atoms. The number of piperidine rings is 1. The van der Waals surface area contributed by atoms with Crippen LogP contribution in [0.1, 0.15) is 56.0 Å². The lowest BCUT2D eigenvalue weighted by molar-refractivity contribution is -0.133. The number of aromatic nitrogens is 1. The molecule has 2 aromatic carbocycles. The Kier molecular flexibility index (Phi) is 6.53. The van der Waals surface area contributed by atoms with Crippen LogP contribution in [0.5, 0.6) is 11.5 Å². The van der Waals surface area contributed by atoms with Gasteiger partial charge >= 0.3 is 6.03 Å². The van der Waals surface area contributed by atoms with Crippen LogP contribution < -0.4 is 4.74 Å². The van der Waals surface area contributed by atoms with Gasteiger partial charge in [-0.3, -0.25) is 9.69 Å². The van der Waals surface area contributed by atoms with Crippen molar-refractivity contribution in [3.63, 3.8) is 0 Å². The smallest absolute Gasteiger partial charge is 0.328 e. The predicted molar refractivity (Wildman–Crippen MR) is 150 cm³/mol. The highest BCUT2D eigenvalue weighted by molar-refractivity contribution is 6.08. The van der Waals surface area contributed by atoms with E-state index in [2.05, 4.69) is 16.8 Å². The van der Waals surface area contributed by atoms with Crippen molar-refractivity contribution in [2.24, 2.45) is 5.92 Å². The Labute approximate surface area is 229 Å². The Morgan fingerprint density at radius 2 is 1.90 bits per heavy atom. The van der Waals surface area contributed by atoms with E-state index in [-0.39, 0.29) is 23.7 Å². The molecule has 3 aliphatic rings. The number of H-pyrrole nitrogens is 1. The molecule has 3 amide bonds. The molecule has 3 aliphatic heterocycles. The van der Waals surface area contributed by atoms with Crippen molar-refractivity contribution in [1.29, 1.82) is 0 Å². The first-order chi connectivity index (χ1) is 18.8. The van der Waals surface area contributed by atoms with Crippen LogP contribution in [-0.4, -0.2) is 75.6 Å². The Morgan fingerprint density at radius 1 is 1.10 bits per heavy atom. The molecule has 8 heteroatoms. The van der Waals surface area contributed by atoms with Gasteiger partial charge in [-0.1, -0.05) is 19.1 Å². The fourth-order valence-electron chi connectivity index (χ4n) is 6.82. The molecule has 4 heterocycles. The van der Waals surface area contributed by atoms with Crippen molar-refractivity contribution in [2.75, 3.05) is 33.3 Å². The topological polar surface area (TPSA) is 89.1 Å². The number of aromatic hydroxyl groups is 1. The van der Waals surface area contributed by atoms with E-state index in [1.54, 1.807) is 24.1 Å². The van der Waals surface area contributed by atoms with Gasteiger partial charge in [-0.25, -0.2) is 4.79 Å². The number of ether oxygens (including phenoxy) is 1. The number of fused-ring (bicyclic) bond motifs is 4. The summed E-state index contributed by atoms with van der Waals surface area (Å²) in [6.07, 6.45) is 4.12. The van der Waals surface area contributed by atoms with E-state index in [1.807, 2.05) is 37.3 Å². The molecule has 2 N–H and O–H groups in total. The summed E-state index contributed by atoms with van der Waals surface area (Å²) in [4.78, 5) is 37.3. The second-order valence-electron chi connectivity index (χ2n) is 11.8. The Hall–Kier alpha value is -3.52. The molecule has 0 radical (unpaired) electrons. The molecule has 0 bridgehead atoms. The number of nitrogens with zero attached hydrogens (tertiary/aromatic N) is 3. The van der Waals surface area contributed by atoms with Crippen LogP contribution >= 0.6 is 0 Å². The summed E-state index contributed by atoms with van der Waals surface area (Å²) < 4.78 is 5.50. The number of carbonyl (C=O) groups excluding carboxylic acids is 2. The number of hydrogen-bond donors (Lipinski definition) is 2. The van der Waals surface area contributed by atoms with Crippen molar-refractivity contribution >= 4 is 22.8 Å². The lowest BCUT2D eigenvalue weighted by Crippen LogP contribution is -2.53. The van der Waals surface area contributed by atoms with E-state index in [9.17, 15) is 14.7 Å². The highest BCUT2D eigenvalue weighted by atomic mass is 16.5. The maximum Gasteiger partial charge on any atom is 0.328 e. The molecule has 1 aromatic heterocycles. The van der Waals surface area contributed by atoms with Crippen molar-refractivity contribution < 1.29 is 19.4 Å². The lowest BCUT2D eigenvalue weighted by Gasteiger charge is -2.42. The quantitative estimate of drug-likeness (QED) is 0.426. The summed E-state index contributed by atoms with van der Waals surface area (Å²) in [6, 6.07) is 12.5. The number of urea groups is 1. The maximum absolute atomic E-state index is 14.0. The summed E-state index contributed by atoms with van der Waals surface area (Å²) in [5, 5.41) is 11.2. The monoisotopic (exact) mass is 530 g/mol. The van der Waals surface area contributed by atoms with Gasteiger partial charge in [-0.15, -0.1) is 0 Å². The number of aromatic amines is 1. The third kappa shape index (κ3) is 4.44. The van der Waals surface area contributed by atoms with E-state index in [0.29, 0.717) is 19.4 Å². The number of methoxy groups -OCH3 is 1. The van der Waals surface area contributed by atoms with Crippen molar-refractivity contribution in [2.45, 2.75) is 57.5 Å². The zero-order valence-electron chi connectivity index (χ0n) is 23.1. The molecule has 2 fully saturated rings. The normalized spacial score (nSPS) is 23.9. The highest BCUT2D eigenvalue weighted by Gasteiger charge is 2.59. The number of hydrogen-bond acceptors (Lipinski definition) is 5. The van der Waals surface area contributed by atoms with Gasteiger partial charge in [0, 0.05) is 29.6 Å². The van der Waals surface area contributed by atoms with Gasteiger partial charge in [0.05, 0.1) is 13.2 Å². The molecular weight excluding hydrogens is 492 g/mol. The number of likely N-dealkylation sites (tertiary alicyclic amines) is 1. The zero-order chi connectivity index (χ0) is 27.3. The van der Waals surface area contributed by atoms with Gasteiger partial charge in [0.15, 0.2) is 0 Å². The summed E-state index contributed by atoms with van der Waals surface area (Å²) >= 11 is 0. The summed E-state index contributed by atoms with van der Waals surface area (Å²) in [6.45, 7) is 7.72. The Morgan fingerprint density at radius 3 is 2.64 bits per heavy atom. The molecule has 1 unspecified atom stereocenters. The Bertz CT molecular complexity index is 1410. The van der Waals surface area contributed by atoms with Gasteiger partial charge < -0.3 is 24.6 Å². The van der Waals surface area contributed by atoms with Crippen molar-refractivity contribution in [3.8, 4) is 11.5 Å². The summed E-state index contributed by atoms with van der Waals surface area (Å²) in [5.74, 6) is 1.59. The second-order valence-corrected chi connectivity index (χ2v) is 11.8. The zero-order valence-corrected chi connectivity index (χ0v) is 23.1. The highest BCUT2D eigenvalue weighted by Crippen LogP contribution is 2.48. The average Bonchev–Trinajstić information content (AvgIpc) is 3.37.